The number of aryl methyl sites for hydroxylation is 1. The third kappa shape index (κ3) is 7.01. The molecule has 2 atom stereocenters. The van der Waals surface area contributed by atoms with Crippen molar-refractivity contribution in [2.75, 3.05) is 32.7 Å². The van der Waals surface area contributed by atoms with Crippen molar-refractivity contribution in [2.45, 2.75) is 50.9 Å². The Morgan fingerprint density at radius 3 is 2.49 bits per heavy atom. The van der Waals surface area contributed by atoms with Crippen LogP contribution in [0, 0.1) is 6.92 Å². The van der Waals surface area contributed by atoms with Crippen molar-refractivity contribution in [1.82, 2.24) is 25.3 Å². The molecule has 4 N–H and O–H groups in total. The molecule has 1 aliphatic rings. The molecular weight excluding hydrogens is 601 g/mol. The van der Waals surface area contributed by atoms with Crippen molar-refractivity contribution < 1.29 is 42.0 Å². The van der Waals surface area contributed by atoms with Gasteiger partial charge in [-0.05, 0) is 38.0 Å². The summed E-state index contributed by atoms with van der Waals surface area (Å²) in [6.07, 6.45) is -2.51. The molecule has 1 fully saturated rings. The summed E-state index contributed by atoms with van der Waals surface area (Å²) < 4.78 is 60.5. The summed E-state index contributed by atoms with van der Waals surface area (Å²) in [5.74, 6) is -2.66. The van der Waals surface area contributed by atoms with Crippen LogP contribution in [0.4, 0.5) is 25.1 Å². The Morgan fingerprint density at radius 1 is 1.04 bits per heavy atom. The molecule has 2 unspecified atom stereocenters. The van der Waals surface area contributed by atoms with E-state index in [9.17, 15) is 27.9 Å². The number of hydrogen-bond donors (Lipinski definition) is 4. The summed E-state index contributed by atoms with van der Waals surface area (Å²) in [5, 5.41) is 16.3. The van der Waals surface area contributed by atoms with Crippen LogP contribution in [-0.4, -0.2) is 76.7 Å². The van der Waals surface area contributed by atoms with Gasteiger partial charge in [-0.3, -0.25) is 15.1 Å². The fraction of sp³-hybridized carbons (Fsp3) is 0.414. The molecule has 45 heavy (non-hydrogen) atoms. The number of methoxy groups -OCH3 is 2. The topological polar surface area (TPSA) is 170 Å². The van der Waals surface area contributed by atoms with Crippen LogP contribution >= 0.6 is 0 Å². The predicted octanol–water partition coefficient (Wildman–Crippen LogP) is 3.68. The van der Waals surface area contributed by atoms with E-state index in [1.807, 2.05) is 0 Å². The summed E-state index contributed by atoms with van der Waals surface area (Å²) >= 11 is 0. The number of anilines is 2. The Bertz CT molecular complexity index is 1780. The van der Waals surface area contributed by atoms with E-state index in [0.717, 1.165) is 19.3 Å². The summed E-state index contributed by atoms with van der Waals surface area (Å²) in [6, 6.07) is 5.84. The van der Waals surface area contributed by atoms with Gasteiger partial charge < -0.3 is 29.4 Å². The highest BCUT2D eigenvalue weighted by atomic mass is 19.4. The average molecular weight is 633 g/mol. The lowest BCUT2D eigenvalue weighted by molar-refractivity contribution is -0.189. The molecule has 0 amide bonds. The van der Waals surface area contributed by atoms with E-state index in [1.54, 1.807) is 19.1 Å². The molecule has 0 spiro atoms. The molecular formula is C29H31F3N6O7. The largest absolute Gasteiger partial charge is 0.493 e. The number of aliphatic hydroxyl groups excluding tert-OH is 1. The van der Waals surface area contributed by atoms with Crippen molar-refractivity contribution in [3.63, 3.8) is 0 Å². The van der Waals surface area contributed by atoms with Crippen LogP contribution in [-0.2, 0) is 4.79 Å². The van der Waals surface area contributed by atoms with E-state index in [2.05, 4.69) is 35.3 Å². The van der Waals surface area contributed by atoms with Gasteiger partial charge in [0.15, 0.2) is 23.0 Å². The molecule has 5 rings (SSSR count). The number of aliphatic hydroxyl groups is 1. The van der Waals surface area contributed by atoms with Crippen LogP contribution in [0.15, 0.2) is 29.1 Å². The smallest absolute Gasteiger partial charge is 0.491 e. The van der Waals surface area contributed by atoms with Gasteiger partial charge in [0.1, 0.15) is 12.0 Å². The van der Waals surface area contributed by atoms with Crippen molar-refractivity contribution in [3.05, 3.63) is 40.3 Å². The van der Waals surface area contributed by atoms with Gasteiger partial charge in [-0.25, -0.2) is 19.7 Å². The van der Waals surface area contributed by atoms with Gasteiger partial charge in [0.05, 0.1) is 37.1 Å². The van der Waals surface area contributed by atoms with Crippen LogP contribution in [0.3, 0.4) is 0 Å². The van der Waals surface area contributed by atoms with E-state index in [4.69, 9.17) is 14.2 Å². The first-order chi connectivity index (χ1) is 21.5. The first kappa shape index (κ1) is 31.7. The normalized spacial score (nSPS) is 16.9. The molecule has 13 nitrogen and oxygen atoms in total. The van der Waals surface area contributed by atoms with Crippen molar-refractivity contribution in [3.8, 4) is 23.0 Å². The summed E-state index contributed by atoms with van der Waals surface area (Å²) in [7, 11) is 2.99. The van der Waals surface area contributed by atoms with Gasteiger partial charge in [-0.2, -0.15) is 13.2 Å². The predicted molar refractivity (Wildman–Crippen MR) is 156 cm³/mol. The second-order valence-corrected chi connectivity index (χ2v) is 10.3. The Kier molecular flexibility index (Phi) is 9.24. The fourth-order valence-electron chi connectivity index (χ4n) is 5.13. The SMILES string of the molecule is COc1cc2nc(Nc3nc4ccc(OCCNC5CCCCC5O)c(OC(=O)C(F)(F)F)c4c(=O)[nH]3)nc(C)c2cc1OC. The van der Waals surface area contributed by atoms with Crippen molar-refractivity contribution in [2.24, 2.45) is 0 Å². The minimum atomic E-state index is -5.34. The molecule has 4 aromatic rings. The number of hydrogen-bond acceptors (Lipinski definition) is 12. The number of aromatic nitrogens is 4. The van der Waals surface area contributed by atoms with Gasteiger partial charge in [0, 0.05) is 24.0 Å². The number of fused-ring (bicyclic) bond motifs is 2. The molecule has 2 heterocycles. The lowest BCUT2D eigenvalue weighted by Gasteiger charge is -2.28. The number of ether oxygens (including phenoxy) is 4. The Hall–Kier alpha value is -4.70. The van der Waals surface area contributed by atoms with Crippen LogP contribution in [0.2, 0.25) is 0 Å². The maximum atomic E-state index is 13.2. The fourth-order valence-corrected chi connectivity index (χ4v) is 5.13. The number of nitrogens with one attached hydrogen (secondary N) is 3. The summed E-state index contributed by atoms with van der Waals surface area (Å²) in [4.78, 5) is 40.6. The second kappa shape index (κ2) is 13.1. The quantitative estimate of drug-likeness (QED) is 0.114. The number of carbonyl (C=O) groups excluding carboxylic acids is 1. The molecule has 0 bridgehead atoms. The van der Waals surface area contributed by atoms with Gasteiger partial charge >= 0.3 is 12.1 Å². The molecule has 2 aromatic carbocycles. The summed E-state index contributed by atoms with van der Waals surface area (Å²) in [6.45, 7) is 1.94. The van der Waals surface area contributed by atoms with Crippen LogP contribution in [0.1, 0.15) is 31.4 Å². The Morgan fingerprint density at radius 2 is 1.78 bits per heavy atom. The zero-order valence-electron chi connectivity index (χ0n) is 24.6. The van der Waals surface area contributed by atoms with E-state index in [-0.39, 0.29) is 42.4 Å². The lowest BCUT2D eigenvalue weighted by atomic mass is 9.93. The first-order valence-electron chi connectivity index (χ1n) is 14.1. The zero-order valence-corrected chi connectivity index (χ0v) is 24.6. The number of aromatic amines is 1. The van der Waals surface area contributed by atoms with Gasteiger partial charge in [0.25, 0.3) is 5.56 Å². The number of alkyl halides is 3. The average Bonchev–Trinajstić information content (AvgIpc) is 2.99. The molecule has 1 aliphatic carbocycles. The maximum Gasteiger partial charge on any atom is 0.491 e. The van der Waals surface area contributed by atoms with Gasteiger partial charge in [-0.1, -0.05) is 12.8 Å². The third-order valence-electron chi connectivity index (χ3n) is 7.33. The number of rotatable bonds is 10. The molecule has 0 saturated heterocycles. The third-order valence-corrected chi connectivity index (χ3v) is 7.33. The minimum absolute atomic E-state index is 0.0500. The van der Waals surface area contributed by atoms with Gasteiger partial charge in [0.2, 0.25) is 11.9 Å². The van der Waals surface area contributed by atoms with E-state index in [1.165, 1.54) is 26.4 Å². The minimum Gasteiger partial charge on any atom is -0.493 e. The van der Waals surface area contributed by atoms with Crippen LogP contribution in [0.5, 0.6) is 23.0 Å². The number of benzene rings is 2. The molecule has 16 heteroatoms. The van der Waals surface area contributed by atoms with Gasteiger partial charge in [-0.15, -0.1) is 0 Å². The molecule has 240 valence electrons. The number of H-pyrrole nitrogens is 1. The highest BCUT2D eigenvalue weighted by molar-refractivity contribution is 5.91. The van der Waals surface area contributed by atoms with Crippen LogP contribution in [0.25, 0.3) is 21.8 Å². The Labute approximate surface area is 254 Å². The van der Waals surface area contributed by atoms with E-state index in [0.29, 0.717) is 34.5 Å². The zero-order chi connectivity index (χ0) is 32.3. The highest BCUT2D eigenvalue weighted by Crippen LogP contribution is 2.36. The standard InChI is InChI=1S/C29H31F3N6O7/c1-14-15-12-21(42-2)22(43-3)13-18(15)36-27(34-14)38-28-35-17-8-9-20(44-11-10-33-16-6-4-5-7-19(16)39)24(23(17)25(40)37-28)45-26(41)29(30,31)32/h8-9,12-13,16,19,33,39H,4-7,10-11H2,1-3H3,(H2,34,35,36,37,38,40). The van der Waals surface area contributed by atoms with Crippen molar-refractivity contribution in [1.29, 1.82) is 0 Å². The monoisotopic (exact) mass is 632 g/mol. The number of nitrogens with zero attached hydrogens (tertiary/aromatic N) is 3. The molecule has 1 saturated carbocycles. The highest BCUT2D eigenvalue weighted by Gasteiger charge is 2.42. The number of halogens is 3. The number of esters is 1. The maximum absolute atomic E-state index is 13.2. The van der Waals surface area contributed by atoms with Crippen LogP contribution < -0.4 is 35.1 Å². The Balaban J connectivity index is 1.44. The van der Waals surface area contributed by atoms with E-state index >= 15 is 0 Å². The molecule has 0 aliphatic heterocycles. The van der Waals surface area contributed by atoms with Crippen molar-refractivity contribution >= 4 is 39.7 Å². The molecule has 2 aromatic heterocycles. The molecule has 0 radical (unpaired) electrons. The number of carbonyl (C=O) groups is 1. The summed E-state index contributed by atoms with van der Waals surface area (Å²) in [5.41, 5.74) is 0.0693. The van der Waals surface area contributed by atoms with E-state index < -0.39 is 34.9 Å². The second-order valence-electron chi connectivity index (χ2n) is 10.3. The first-order valence-corrected chi connectivity index (χ1v) is 14.1. The lowest BCUT2D eigenvalue weighted by Crippen LogP contribution is -2.43.